The highest BCUT2D eigenvalue weighted by Gasteiger charge is 2.26. The first kappa shape index (κ1) is 18.0. The van der Waals surface area contributed by atoms with Gasteiger partial charge >= 0.3 is 0 Å². The van der Waals surface area contributed by atoms with Crippen molar-refractivity contribution in [2.75, 3.05) is 33.3 Å². The molecule has 6 heteroatoms. The van der Waals surface area contributed by atoms with Gasteiger partial charge in [-0.05, 0) is 43.2 Å². The summed E-state index contributed by atoms with van der Waals surface area (Å²) in [6.45, 7) is 6.04. The number of carbonyl (C=O) groups excluding carboxylic acids is 2. The van der Waals surface area contributed by atoms with Gasteiger partial charge in [0.05, 0.1) is 12.7 Å². The quantitative estimate of drug-likeness (QED) is 0.849. The maximum atomic E-state index is 12.9. The van der Waals surface area contributed by atoms with Crippen LogP contribution in [0.2, 0.25) is 0 Å². The lowest BCUT2D eigenvalue weighted by Gasteiger charge is -2.35. The molecule has 1 saturated heterocycles. The fourth-order valence-corrected chi connectivity index (χ4v) is 3.34. The highest BCUT2D eigenvalue weighted by Crippen LogP contribution is 2.24. The zero-order chi connectivity index (χ0) is 18.8. The van der Waals surface area contributed by atoms with Crippen molar-refractivity contribution in [2.45, 2.75) is 13.8 Å². The molecule has 0 atom stereocenters. The van der Waals surface area contributed by atoms with Crippen molar-refractivity contribution in [2.24, 2.45) is 7.05 Å². The van der Waals surface area contributed by atoms with Crippen LogP contribution < -0.4 is 4.74 Å². The molecule has 1 aromatic heterocycles. The van der Waals surface area contributed by atoms with Gasteiger partial charge in [0.1, 0.15) is 5.75 Å². The van der Waals surface area contributed by atoms with Crippen LogP contribution in [0.1, 0.15) is 31.8 Å². The van der Waals surface area contributed by atoms with Crippen LogP contribution in [-0.4, -0.2) is 59.5 Å². The zero-order valence-electron chi connectivity index (χ0n) is 15.8. The minimum Gasteiger partial charge on any atom is -0.496 e. The molecule has 138 valence electrons. The van der Waals surface area contributed by atoms with E-state index in [9.17, 15) is 9.59 Å². The topological polar surface area (TPSA) is 54.8 Å². The SMILES string of the molecule is COc1cc(C)c(C(=O)N2CCN(C(=O)c3ccn(C)c3)CC2)cc1C. The molecule has 26 heavy (non-hydrogen) atoms. The van der Waals surface area contributed by atoms with Gasteiger partial charge < -0.3 is 19.1 Å². The third-order valence-electron chi connectivity index (χ3n) is 4.91. The minimum absolute atomic E-state index is 0.0139. The lowest BCUT2D eigenvalue weighted by Crippen LogP contribution is -2.50. The summed E-state index contributed by atoms with van der Waals surface area (Å²) in [4.78, 5) is 29.1. The smallest absolute Gasteiger partial charge is 0.255 e. The van der Waals surface area contributed by atoms with E-state index >= 15 is 0 Å². The van der Waals surface area contributed by atoms with Crippen molar-refractivity contribution in [3.63, 3.8) is 0 Å². The first-order valence-electron chi connectivity index (χ1n) is 8.76. The third-order valence-corrected chi connectivity index (χ3v) is 4.91. The van der Waals surface area contributed by atoms with Crippen molar-refractivity contribution >= 4 is 11.8 Å². The summed E-state index contributed by atoms with van der Waals surface area (Å²) < 4.78 is 7.18. The summed E-state index contributed by atoms with van der Waals surface area (Å²) in [5, 5.41) is 0. The molecule has 0 aliphatic carbocycles. The monoisotopic (exact) mass is 355 g/mol. The van der Waals surface area contributed by atoms with Crippen molar-refractivity contribution < 1.29 is 14.3 Å². The predicted molar refractivity (Wildman–Crippen MR) is 99.7 cm³/mol. The minimum atomic E-state index is 0.0139. The molecule has 0 saturated carbocycles. The number of amides is 2. The van der Waals surface area contributed by atoms with Crippen LogP contribution in [0.3, 0.4) is 0 Å². The van der Waals surface area contributed by atoms with E-state index in [-0.39, 0.29) is 11.8 Å². The third kappa shape index (κ3) is 3.45. The van der Waals surface area contributed by atoms with Crippen molar-refractivity contribution in [1.29, 1.82) is 0 Å². The number of aryl methyl sites for hydroxylation is 3. The average Bonchev–Trinajstić information content (AvgIpc) is 3.08. The molecule has 1 aliphatic heterocycles. The Hall–Kier alpha value is -2.76. The van der Waals surface area contributed by atoms with E-state index < -0.39 is 0 Å². The number of benzene rings is 1. The van der Waals surface area contributed by atoms with Crippen LogP contribution in [0.15, 0.2) is 30.6 Å². The van der Waals surface area contributed by atoms with Gasteiger partial charge in [-0.1, -0.05) is 0 Å². The highest BCUT2D eigenvalue weighted by molar-refractivity contribution is 5.97. The van der Waals surface area contributed by atoms with E-state index in [1.807, 2.05) is 65.9 Å². The number of ether oxygens (including phenoxy) is 1. The van der Waals surface area contributed by atoms with E-state index in [4.69, 9.17) is 4.74 Å². The molecule has 0 bridgehead atoms. The van der Waals surface area contributed by atoms with Crippen LogP contribution in [0.25, 0.3) is 0 Å². The second kappa shape index (κ2) is 7.23. The number of carbonyl (C=O) groups is 2. The Labute approximate surface area is 154 Å². The van der Waals surface area contributed by atoms with Crippen LogP contribution in [-0.2, 0) is 7.05 Å². The summed E-state index contributed by atoms with van der Waals surface area (Å²) in [6.07, 6.45) is 3.69. The van der Waals surface area contributed by atoms with Crippen LogP contribution in [0, 0.1) is 13.8 Å². The van der Waals surface area contributed by atoms with Gasteiger partial charge in [-0.25, -0.2) is 0 Å². The number of rotatable bonds is 3. The zero-order valence-corrected chi connectivity index (χ0v) is 15.8. The first-order valence-corrected chi connectivity index (χ1v) is 8.76. The maximum Gasteiger partial charge on any atom is 0.255 e. The van der Waals surface area contributed by atoms with E-state index in [0.717, 1.165) is 16.9 Å². The number of hydrogen-bond donors (Lipinski definition) is 0. The summed E-state index contributed by atoms with van der Waals surface area (Å²) in [7, 11) is 3.53. The Morgan fingerprint density at radius 2 is 1.58 bits per heavy atom. The fourth-order valence-electron chi connectivity index (χ4n) is 3.34. The highest BCUT2D eigenvalue weighted by atomic mass is 16.5. The number of aromatic nitrogens is 1. The second-order valence-electron chi connectivity index (χ2n) is 6.79. The first-order chi connectivity index (χ1) is 12.4. The van der Waals surface area contributed by atoms with Crippen LogP contribution in [0.4, 0.5) is 0 Å². The molecule has 2 amide bonds. The Morgan fingerprint density at radius 3 is 2.12 bits per heavy atom. The van der Waals surface area contributed by atoms with Gasteiger partial charge in [0.2, 0.25) is 0 Å². The maximum absolute atomic E-state index is 12.9. The Kier molecular flexibility index (Phi) is 5.02. The van der Waals surface area contributed by atoms with Gasteiger partial charge in [0.25, 0.3) is 11.8 Å². The molecule has 0 spiro atoms. The molecule has 1 fully saturated rings. The van der Waals surface area contributed by atoms with Crippen LogP contribution >= 0.6 is 0 Å². The Balaban J connectivity index is 1.67. The molecule has 6 nitrogen and oxygen atoms in total. The molecule has 0 N–H and O–H groups in total. The van der Waals surface area contributed by atoms with Gasteiger partial charge in [-0.2, -0.15) is 0 Å². The normalized spacial score (nSPS) is 14.5. The predicted octanol–water partition coefficient (Wildman–Crippen LogP) is 2.25. The summed E-state index contributed by atoms with van der Waals surface area (Å²) in [5.74, 6) is 0.826. The van der Waals surface area contributed by atoms with Crippen molar-refractivity contribution in [3.05, 3.63) is 52.8 Å². The average molecular weight is 355 g/mol. The van der Waals surface area contributed by atoms with E-state index in [1.165, 1.54) is 0 Å². The van der Waals surface area contributed by atoms with Gasteiger partial charge in [-0.3, -0.25) is 9.59 Å². The summed E-state index contributed by atoms with van der Waals surface area (Å²) in [6, 6.07) is 5.61. The molecule has 2 aromatic rings. The molecule has 0 unspecified atom stereocenters. The van der Waals surface area contributed by atoms with Crippen molar-refractivity contribution in [1.82, 2.24) is 14.4 Å². The second-order valence-corrected chi connectivity index (χ2v) is 6.79. The molecular weight excluding hydrogens is 330 g/mol. The number of hydrogen-bond acceptors (Lipinski definition) is 3. The molecule has 0 radical (unpaired) electrons. The lowest BCUT2D eigenvalue weighted by molar-refractivity contribution is 0.0535. The molecule has 2 heterocycles. The molecule has 1 aromatic carbocycles. The summed E-state index contributed by atoms with van der Waals surface area (Å²) in [5.41, 5.74) is 3.24. The number of piperazine rings is 1. The number of methoxy groups -OCH3 is 1. The van der Waals surface area contributed by atoms with E-state index in [0.29, 0.717) is 37.3 Å². The number of nitrogens with zero attached hydrogens (tertiary/aromatic N) is 3. The van der Waals surface area contributed by atoms with E-state index in [2.05, 4.69) is 0 Å². The molecular formula is C20H25N3O3. The van der Waals surface area contributed by atoms with E-state index in [1.54, 1.807) is 7.11 Å². The Morgan fingerprint density at radius 1 is 0.962 bits per heavy atom. The van der Waals surface area contributed by atoms with Crippen molar-refractivity contribution in [3.8, 4) is 5.75 Å². The largest absolute Gasteiger partial charge is 0.496 e. The standard InChI is InChI=1S/C20H25N3O3/c1-14-12-18(26-4)15(2)11-17(14)20(25)23-9-7-22(8-10-23)19(24)16-5-6-21(3)13-16/h5-6,11-13H,7-10H2,1-4H3. The van der Waals surface area contributed by atoms with Crippen LogP contribution in [0.5, 0.6) is 5.75 Å². The fraction of sp³-hybridized carbons (Fsp3) is 0.400. The summed E-state index contributed by atoms with van der Waals surface area (Å²) >= 11 is 0. The van der Waals surface area contributed by atoms with Gasteiger partial charge in [-0.15, -0.1) is 0 Å². The molecule has 1 aliphatic rings. The molecule has 3 rings (SSSR count). The van der Waals surface area contributed by atoms with Gasteiger partial charge in [0, 0.05) is 51.2 Å². The lowest BCUT2D eigenvalue weighted by atomic mass is 10.0. The Bertz CT molecular complexity index is 833. The van der Waals surface area contributed by atoms with Gasteiger partial charge in [0.15, 0.2) is 0 Å².